The Labute approximate surface area is 88.1 Å². The van der Waals surface area contributed by atoms with Crippen LogP contribution >= 0.6 is 0 Å². The van der Waals surface area contributed by atoms with Crippen LogP contribution in [0.4, 0.5) is 0 Å². The molecule has 2 rings (SSSR count). The van der Waals surface area contributed by atoms with Crippen LogP contribution in [0, 0.1) is 11.8 Å². The van der Waals surface area contributed by atoms with Crippen LogP contribution in [0.5, 0.6) is 0 Å². The first-order valence-corrected chi connectivity index (χ1v) is 5.98. The smallest absolute Gasteiger partial charge is 0.00388 e. The third-order valence-corrected chi connectivity index (χ3v) is 3.79. The van der Waals surface area contributed by atoms with Crippen molar-refractivity contribution >= 4 is 0 Å². The van der Waals surface area contributed by atoms with Crippen LogP contribution in [-0.2, 0) is 0 Å². The fourth-order valence-electron chi connectivity index (χ4n) is 2.89. The van der Waals surface area contributed by atoms with Gasteiger partial charge >= 0.3 is 0 Å². The standard InChI is InChI=1S/C12H23N2.Lr/c1-11(2)14-8-4-6-12(10-14)5-3-7-13-9-12;/h3,11,13H,4-10H2,1-2H3;/q-1;. The Bertz CT molecular complexity index is 183. The van der Waals surface area contributed by atoms with E-state index in [0.29, 0.717) is 11.5 Å². The normalized spacial score (nSPS) is 33.0. The summed E-state index contributed by atoms with van der Waals surface area (Å²) < 4.78 is 0. The molecule has 15 heavy (non-hydrogen) atoms. The van der Waals surface area contributed by atoms with Gasteiger partial charge in [0.2, 0.25) is 0 Å². The quantitative estimate of drug-likeness (QED) is 0.603. The van der Waals surface area contributed by atoms with E-state index < -0.39 is 0 Å². The van der Waals surface area contributed by atoms with Crippen LogP contribution in [0.3, 0.4) is 0 Å². The summed E-state index contributed by atoms with van der Waals surface area (Å²) in [7, 11) is 0. The number of nitrogens with zero attached hydrogens (tertiary/aromatic N) is 1. The average Bonchev–Trinajstić information content (AvgIpc) is 2.19. The maximum atomic E-state index is 3.52. The Balaban J connectivity index is 0.00000112. The molecule has 0 aromatic heterocycles. The van der Waals surface area contributed by atoms with Crippen molar-refractivity contribution in [3.63, 3.8) is 0 Å². The Morgan fingerprint density at radius 3 is 2.80 bits per heavy atom. The van der Waals surface area contributed by atoms with Crippen molar-refractivity contribution in [1.82, 2.24) is 10.2 Å². The topological polar surface area (TPSA) is 15.3 Å². The van der Waals surface area contributed by atoms with Gasteiger partial charge in [0.25, 0.3) is 0 Å². The van der Waals surface area contributed by atoms with Crippen molar-refractivity contribution < 1.29 is 0 Å². The minimum Gasteiger partial charge on any atom is -0.346 e. The summed E-state index contributed by atoms with van der Waals surface area (Å²) in [5.41, 5.74) is 0.570. The molecule has 3 heteroatoms. The molecule has 1 N–H and O–H groups in total. The van der Waals surface area contributed by atoms with Crippen LogP contribution in [0.25, 0.3) is 0 Å². The van der Waals surface area contributed by atoms with Crippen LogP contribution in [0.1, 0.15) is 33.1 Å². The Morgan fingerprint density at radius 1 is 1.40 bits per heavy atom. The zero-order valence-corrected chi connectivity index (χ0v) is 12.0. The maximum absolute atomic E-state index is 3.52. The summed E-state index contributed by atoms with van der Waals surface area (Å²) in [6, 6.07) is 0.717. The molecule has 1 spiro atoms. The van der Waals surface area contributed by atoms with E-state index in [1.165, 1.54) is 38.9 Å². The molecule has 0 bridgehead atoms. The van der Waals surface area contributed by atoms with Crippen LogP contribution in [-0.4, -0.2) is 37.1 Å². The van der Waals surface area contributed by atoms with Gasteiger partial charge in [-0.3, -0.25) is 0 Å². The first kappa shape index (κ1) is 12.0. The molecule has 2 nitrogen and oxygen atoms in total. The van der Waals surface area contributed by atoms with E-state index in [-0.39, 0.29) is 0 Å². The average molecular weight is 457 g/mol. The minimum absolute atomic E-state index is 0. The molecule has 1 atom stereocenters. The summed E-state index contributed by atoms with van der Waals surface area (Å²) >= 11 is 0. The molecule has 0 saturated carbocycles. The fraction of sp³-hybridized carbons (Fsp3) is 0.917. The predicted molar refractivity (Wildman–Crippen MR) is 60.2 cm³/mol. The van der Waals surface area contributed by atoms with Gasteiger partial charge in [-0.15, -0.1) is 6.54 Å². The molecule has 1 unspecified atom stereocenters. The minimum atomic E-state index is 0. The van der Waals surface area contributed by atoms with Crippen molar-refractivity contribution in [2.45, 2.75) is 39.2 Å². The fourth-order valence-corrected chi connectivity index (χ4v) is 2.89. The first-order valence-electron chi connectivity index (χ1n) is 5.98. The van der Waals surface area contributed by atoms with Gasteiger partial charge in [0.15, 0.2) is 0 Å². The monoisotopic (exact) mass is 457 g/mol. The van der Waals surface area contributed by atoms with Crippen LogP contribution in [0.2, 0.25) is 0 Å². The number of hydrogen-bond donors (Lipinski definition) is 1. The largest absolute Gasteiger partial charge is 0.346 e. The number of likely N-dealkylation sites (tertiary alicyclic amines) is 1. The van der Waals surface area contributed by atoms with Crippen molar-refractivity contribution in [1.29, 1.82) is 0 Å². The van der Waals surface area contributed by atoms with Gasteiger partial charge in [0, 0.05) is 12.6 Å². The summed E-state index contributed by atoms with van der Waals surface area (Å²) in [4.78, 5) is 2.64. The van der Waals surface area contributed by atoms with E-state index in [1.807, 2.05) is 0 Å². The summed E-state index contributed by atoms with van der Waals surface area (Å²) in [6.07, 6.45) is 6.55. The molecule has 0 aliphatic carbocycles. The van der Waals surface area contributed by atoms with Gasteiger partial charge in [-0.25, -0.2) is 0 Å². The molecule has 2 aliphatic heterocycles. The summed E-state index contributed by atoms with van der Waals surface area (Å²) in [6.45, 7) is 9.59. The number of rotatable bonds is 1. The van der Waals surface area contributed by atoms with Gasteiger partial charge in [-0.2, -0.15) is 6.42 Å². The molecular weight excluding hydrogens is 434 g/mol. The molecular formula is C12H23LrN2-. The molecule has 0 aromatic carbocycles. The van der Waals surface area contributed by atoms with Crippen LogP contribution in [0.15, 0.2) is 0 Å². The van der Waals surface area contributed by atoms with Crippen molar-refractivity contribution in [3.8, 4) is 0 Å². The van der Waals surface area contributed by atoms with Gasteiger partial charge in [-0.05, 0) is 45.2 Å². The van der Waals surface area contributed by atoms with Crippen molar-refractivity contribution in [3.05, 3.63) is 6.42 Å². The molecule has 2 aliphatic rings. The Kier molecular flexibility index (Phi) is 3.70. The third kappa shape index (κ3) is 2.48. The Hall–Kier alpha value is -1.08. The van der Waals surface area contributed by atoms with E-state index in [0.717, 1.165) is 6.54 Å². The number of nitrogens with one attached hydrogen (secondary N) is 1. The summed E-state index contributed by atoms with van der Waals surface area (Å²) in [5, 5.41) is 3.52. The SMILES string of the molecule is CC(C)N1CCCC2(C[CH-]CNC2)C1.[Lr]. The van der Waals surface area contributed by atoms with E-state index in [9.17, 15) is 0 Å². The number of piperidine rings is 2. The predicted octanol–water partition coefficient (Wildman–Crippen LogP) is 1.67. The molecule has 0 aromatic rings. The molecule has 0 amide bonds. The zero-order chi connectivity index (χ0) is 10.0. The van der Waals surface area contributed by atoms with Gasteiger partial charge in [0.1, 0.15) is 0 Å². The van der Waals surface area contributed by atoms with E-state index in [2.05, 4.69) is 30.5 Å². The van der Waals surface area contributed by atoms with Crippen LogP contribution < -0.4 is 5.32 Å². The third-order valence-electron chi connectivity index (χ3n) is 3.79. The molecule has 2 fully saturated rings. The molecule has 2 saturated heterocycles. The van der Waals surface area contributed by atoms with Gasteiger partial charge in [0.05, 0.1) is 0 Å². The van der Waals surface area contributed by atoms with E-state index >= 15 is 0 Å². The van der Waals surface area contributed by atoms with Crippen molar-refractivity contribution in [2.24, 2.45) is 5.41 Å². The second-order valence-corrected chi connectivity index (χ2v) is 5.29. The zero-order valence-electron chi connectivity index (χ0n) is 9.81. The van der Waals surface area contributed by atoms with E-state index in [4.69, 9.17) is 0 Å². The van der Waals surface area contributed by atoms with Gasteiger partial charge < -0.3 is 16.6 Å². The molecule has 1 radical (unpaired) electrons. The first-order chi connectivity index (χ1) is 6.72. The second-order valence-electron chi connectivity index (χ2n) is 5.29. The second kappa shape index (κ2) is 4.63. The Morgan fingerprint density at radius 2 is 2.20 bits per heavy atom. The van der Waals surface area contributed by atoms with E-state index in [1.54, 1.807) is 0 Å². The summed E-state index contributed by atoms with van der Waals surface area (Å²) in [5.74, 6) is 0. The molecule has 2 heterocycles. The van der Waals surface area contributed by atoms with Crippen molar-refractivity contribution in [2.75, 3.05) is 26.2 Å². The number of hydrogen-bond acceptors (Lipinski definition) is 2. The maximum Gasteiger partial charge on any atom is 0.00388 e. The molecule has 97 valence electrons. The van der Waals surface area contributed by atoms with Gasteiger partial charge in [-0.1, -0.05) is 0 Å².